The summed E-state index contributed by atoms with van der Waals surface area (Å²) < 4.78 is 10.4. The maximum Gasteiger partial charge on any atom is 0.269 e. The van der Waals surface area contributed by atoms with Crippen LogP contribution in [0.5, 0.6) is 11.5 Å². The van der Waals surface area contributed by atoms with Crippen LogP contribution in [-0.2, 0) is 9.59 Å². The third-order valence-electron chi connectivity index (χ3n) is 3.99. The second-order valence-electron chi connectivity index (χ2n) is 5.93. The minimum Gasteiger partial charge on any atom is -0.454 e. The summed E-state index contributed by atoms with van der Waals surface area (Å²) in [6, 6.07) is 4.68. The molecule has 1 aliphatic rings. The van der Waals surface area contributed by atoms with E-state index in [-0.39, 0.29) is 19.7 Å². The number of amides is 3. The molecule has 3 N–H and O–H groups in total. The summed E-state index contributed by atoms with van der Waals surface area (Å²) in [5.41, 5.74) is 4.97. The number of hydroxylamine groups is 2. The predicted molar refractivity (Wildman–Crippen MR) is 90.4 cm³/mol. The maximum atomic E-state index is 12.3. The summed E-state index contributed by atoms with van der Waals surface area (Å²) in [7, 11) is 0. The summed E-state index contributed by atoms with van der Waals surface area (Å²) in [5, 5.41) is 9.78. The van der Waals surface area contributed by atoms with Gasteiger partial charge in [0, 0.05) is 5.56 Å². The Morgan fingerprint density at radius 3 is 2.77 bits per heavy atom. The van der Waals surface area contributed by atoms with Crippen molar-refractivity contribution in [2.75, 3.05) is 13.3 Å². The monoisotopic (exact) mass is 365 g/mol. The van der Waals surface area contributed by atoms with Crippen LogP contribution in [0.3, 0.4) is 0 Å². The molecule has 0 spiro atoms. The summed E-state index contributed by atoms with van der Waals surface area (Å²) in [6.45, 7) is 1.99. The zero-order valence-electron chi connectivity index (χ0n) is 14.6. The van der Waals surface area contributed by atoms with Crippen molar-refractivity contribution in [2.45, 2.75) is 32.6 Å². The molecule has 142 valence electrons. The lowest BCUT2D eigenvalue weighted by Crippen LogP contribution is -2.46. The Labute approximate surface area is 151 Å². The maximum absolute atomic E-state index is 12.3. The van der Waals surface area contributed by atoms with Gasteiger partial charge in [-0.15, -0.1) is 0 Å². The SMILES string of the molecule is CCCCC[C@H](CN(O)C=O)C(=O)NNC(=O)c1ccc2c(c1)OCO2. The minimum atomic E-state index is -0.631. The molecule has 9 heteroatoms. The Balaban J connectivity index is 1.90. The van der Waals surface area contributed by atoms with Crippen LogP contribution < -0.4 is 20.3 Å². The lowest BCUT2D eigenvalue weighted by molar-refractivity contribution is -0.154. The largest absolute Gasteiger partial charge is 0.454 e. The molecule has 1 aromatic rings. The van der Waals surface area contributed by atoms with E-state index < -0.39 is 17.7 Å². The fourth-order valence-corrected chi connectivity index (χ4v) is 2.55. The van der Waals surface area contributed by atoms with Gasteiger partial charge in [-0.05, 0) is 24.6 Å². The van der Waals surface area contributed by atoms with E-state index in [0.29, 0.717) is 28.5 Å². The molecular formula is C17H23N3O6. The van der Waals surface area contributed by atoms with E-state index in [1.54, 1.807) is 12.1 Å². The fourth-order valence-electron chi connectivity index (χ4n) is 2.55. The average Bonchev–Trinajstić information content (AvgIpc) is 3.12. The molecule has 0 saturated heterocycles. The number of carbonyl (C=O) groups is 3. The fraction of sp³-hybridized carbons (Fsp3) is 0.471. The molecule has 0 saturated carbocycles. The van der Waals surface area contributed by atoms with Crippen LogP contribution in [-0.4, -0.2) is 41.8 Å². The van der Waals surface area contributed by atoms with Crippen LogP contribution in [0.1, 0.15) is 43.0 Å². The van der Waals surface area contributed by atoms with Crippen LogP contribution in [0.4, 0.5) is 0 Å². The molecular weight excluding hydrogens is 342 g/mol. The van der Waals surface area contributed by atoms with Gasteiger partial charge < -0.3 is 9.47 Å². The topological polar surface area (TPSA) is 117 Å². The molecule has 3 amide bonds. The smallest absolute Gasteiger partial charge is 0.269 e. The predicted octanol–water partition coefficient (Wildman–Crippen LogP) is 1.22. The van der Waals surface area contributed by atoms with E-state index in [1.165, 1.54) is 6.07 Å². The van der Waals surface area contributed by atoms with Gasteiger partial charge in [0.2, 0.25) is 19.1 Å². The summed E-state index contributed by atoms with van der Waals surface area (Å²) in [5.74, 6) is -0.605. The van der Waals surface area contributed by atoms with Gasteiger partial charge in [0.25, 0.3) is 5.91 Å². The number of hydrogen-bond acceptors (Lipinski definition) is 6. The third-order valence-corrected chi connectivity index (χ3v) is 3.99. The first-order chi connectivity index (χ1) is 12.5. The normalized spacial score (nSPS) is 13.0. The Bertz CT molecular complexity index is 651. The number of hydrazine groups is 1. The van der Waals surface area contributed by atoms with E-state index in [4.69, 9.17) is 9.47 Å². The molecule has 0 aromatic heterocycles. The molecule has 1 heterocycles. The molecule has 0 unspecified atom stereocenters. The molecule has 1 aromatic carbocycles. The lowest BCUT2D eigenvalue weighted by atomic mass is 10.0. The number of unbranched alkanes of at least 4 members (excludes halogenated alkanes) is 2. The summed E-state index contributed by atoms with van der Waals surface area (Å²) >= 11 is 0. The standard InChI is InChI=1S/C17H23N3O6/c1-2-3-4-5-13(9-20(24)10-21)17(23)19-18-16(22)12-6-7-14-15(8-12)26-11-25-14/h6-8,10,13,24H,2-5,9,11H2,1H3,(H,18,22)(H,19,23)/t13-/m1/s1. The molecule has 0 radical (unpaired) electrons. The van der Waals surface area contributed by atoms with Crippen molar-refractivity contribution in [1.29, 1.82) is 0 Å². The van der Waals surface area contributed by atoms with E-state index in [9.17, 15) is 19.6 Å². The highest BCUT2D eigenvalue weighted by atomic mass is 16.7. The van der Waals surface area contributed by atoms with Gasteiger partial charge >= 0.3 is 0 Å². The lowest BCUT2D eigenvalue weighted by Gasteiger charge is -2.19. The Morgan fingerprint density at radius 1 is 1.27 bits per heavy atom. The van der Waals surface area contributed by atoms with E-state index in [0.717, 1.165) is 19.3 Å². The number of carbonyl (C=O) groups excluding carboxylic acids is 3. The second kappa shape index (κ2) is 9.62. The van der Waals surface area contributed by atoms with Crippen molar-refractivity contribution in [1.82, 2.24) is 15.9 Å². The summed E-state index contributed by atoms with van der Waals surface area (Å²) in [6.07, 6.45) is 3.42. The minimum absolute atomic E-state index is 0.102. The number of ether oxygens (including phenoxy) is 2. The molecule has 1 aliphatic heterocycles. The van der Waals surface area contributed by atoms with Crippen molar-refractivity contribution in [3.05, 3.63) is 23.8 Å². The van der Waals surface area contributed by atoms with Crippen LogP contribution in [0, 0.1) is 5.92 Å². The Hall–Kier alpha value is -2.81. The van der Waals surface area contributed by atoms with Gasteiger partial charge in [-0.2, -0.15) is 0 Å². The molecule has 0 fully saturated rings. The van der Waals surface area contributed by atoms with Crippen molar-refractivity contribution in [3.8, 4) is 11.5 Å². The highest BCUT2D eigenvalue weighted by Gasteiger charge is 2.22. The first-order valence-corrected chi connectivity index (χ1v) is 8.45. The number of nitrogens with zero attached hydrogens (tertiary/aromatic N) is 1. The van der Waals surface area contributed by atoms with Crippen LogP contribution in [0.15, 0.2) is 18.2 Å². The van der Waals surface area contributed by atoms with Crippen LogP contribution in [0.2, 0.25) is 0 Å². The van der Waals surface area contributed by atoms with Gasteiger partial charge in [0.15, 0.2) is 11.5 Å². The molecule has 0 aliphatic carbocycles. The Morgan fingerprint density at radius 2 is 2.04 bits per heavy atom. The van der Waals surface area contributed by atoms with Gasteiger partial charge in [0.1, 0.15) is 0 Å². The second-order valence-corrected chi connectivity index (χ2v) is 5.93. The quantitative estimate of drug-likeness (QED) is 0.262. The van der Waals surface area contributed by atoms with Crippen molar-refractivity contribution in [2.24, 2.45) is 5.92 Å². The molecule has 26 heavy (non-hydrogen) atoms. The van der Waals surface area contributed by atoms with Crippen molar-refractivity contribution in [3.63, 3.8) is 0 Å². The third kappa shape index (κ3) is 5.35. The zero-order chi connectivity index (χ0) is 18.9. The zero-order valence-corrected chi connectivity index (χ0v) is 14.6. The van der Waals surface area contributed by atoms with Crippen molar-refractivity contribution >= 4 is 18.2 Å². The first-order valence-electron chi connectivity index (χ1n) is 8.45. The number of fused-ring (bicyclic) bond motifs is 1. The number of benzene rings is 1. The Kier molecular flexibility index (Phi) is 7.22. The molecule has 2 rings (SSSR count). The van der Waals surface area contributed by atoms with E-state index in [2.05, 4.69) is 10.9 Å². The van der Waals surface area contributed by atoms with Gasteiger partial charge in [-0.25, -0.2) is 5.06 Å². The highest BCUT2D eigenvalue weighted by Crippen LogP contribution is 2.32. The van der Waals surface area contributed by atoms with Gasteiger partial charge in [0.05, 0.1) is 12.5 Å². The van der Waals surface area contributed by atoms with Crippen molar-refractivity contribution < 1.29 is 29.1 Å². The van der Waals surface area contributed by atoms with Gasteiger partial charge in [-0.1, -0.05) is 26.2 Å². The molecule has 9 nitrogen and oxygen atoms in total. The average molecular weight is 365 g/mol. The number of hydrogen-bond donors (Lipinski definition) is 3. The van der Waals surface area contributed by atoms with Gasteiger partial charge in [-0.3, -0.25) is 30.4 Å². The van der Waals surface area contributed by atoms with E-state index >= 15 is 0 Å². The molecule has 1 atom stereocenters. The highest BCUT2D eigenvalue weighted by molar-refractivity contribution is 5.96. The summed E-state index contributed by atoms with van der Waals surface area (Å²) in [4.78, 5) is 35.0. The van der Waals surface area contributed by atoms with E-state index in [1.807, 2.05) is 6.92 Å². The molecule has 0 bridgehead atoms. The van der Waals surface area contributed by atoms with Crippen LogP contribution >= 0.6 is 0 Å². The first kappa shape index (κ1) is 19.5. The number of nitrogens with one attached hydrogen (secondary N) is 2. The number of rotatable bonds is 9. The van der Waals surface area contributed by atoms with Crippen LogP contribution in [0.25, 0.3) is 0 Å².